The van der Waals surface area contributed by atoms with Crippen LogP contribution in [-0.4, -0.2) is 17.6 Å². The molecule has 3 nitrogen and oxygen atoms in total. The third kappa shape index (κ3) is 9.61. The number of carboxylic acids is 1. The number of anilines is 1. The highest BCUT2D eigenvalue weighted by molar-refractivity contribution is 6.30. The molecule has 0 fully saturated rings. The van der Waals surface area contributed by atoms with Gasteiger partial charge in [-0.1, -0.05) is 73.7 Å². The van der Waals surface area contributed by atoms with E-state index in [1.807, 2.05) is 48.5 Å². The third-order valence-electron chi connectivity index (χ3n) is 4.62. The normalized spacial score (nSPS) is 11.0. The van der Waals surface area contributed by atoms with E-state index in [4.69, 9.17) is 16.7 Å². The van der Waals surface area contributed by atoms with Gasteiger partial charge >= 0.3 is 5.97 Å². The van der Waals surface area contributed by atoms with Crippen molar-refractivity contribution in [1.29, 1.82) is 0 Å². The lowest BCUT2D eigenvalue weighted by molar-refractivity contribution is -0.136. The molecule has 2 N–H and O–H groups in total. The maximum atomic E-state index is 10.7. The van der Waals surface area contributed by atoms with Gasteiger partial charge in [-0.2, -0.15) is 0 Å². The van der Waals surface area contributed by atoms with Crippen molar-refractivity contribution < 1.29 is 9.90 Å². The number of nitrogens with one attached hydrogen (secondary N) is 1. The van der Waals surface area contributed by atoms with Gasteiger partial charge in [0.1, 0.15) is 0 Å². The Morgan fingerprint density at radius 3 is 2.21 bits per heavy atom. The maximum absolute atomic E-state index is 10.7. The van der Waals surface area contributed by atoms with Gasteiger partial charge in [0, 0.05) is 17.3 Å². The Hall–Kier alpha value is -2.26. The molecule has 2 aromatic rings. The molecule has 150 valence electrons. The maximum Gasteiger partial charge on any atom is 0.307 e. The number of benzene rings is 2. The number of halogens is 1. The van der Waals surface area contributed by atoms with Crippen LogP contribution in [-0.2, 0) is 11.2 Å². The Morgan fingerprint density at radius 2 is 1.54 bits per heavy atom. The Kier molecular flexibility index (Phi) is 10.2. The molecule has 2 aromatic carbocycles. The molecule has 0 aromatic heterocycles. The van der Waals surface area contributed by atoms with Crippen LogP contribution in [0.3, 0.4) is 0 Å². The molecular weight excluding hydrogens is 370 g/mol. The van der Waals surface area contributed by atoms with Crippen molar-refractivity contribution in [3.05, 3.63) is 70.8 Å². The second kappa shape index (κ2) is 13.0. The second-order valence-electron chi connectivity index (χ2n) is 7.06. The summed E-state index contributed by atoms with van der Waals surface area (Å²) in [6.45, 7) is 0.960. The summed E-state index contributed by atoms with van der Waals surface area (Å²) >= 11 is 5.88. The van der Waals surface area contributed by atoms with Gasteiger partial charge in [0.05, 0.1) is 6.42 Å². The van der Waals surface area contributed by atoms with Gasteiger partial charge in [-0.3, -0.25) is 4.79 Å². The molecule has 0 saturated heterocycles. The molecule has 0 heterocycles. The topological polar surface area (TPSA) is 49.3 Å². The van der Waals surface area contributed by atoms with Crippen LogP contribution in [0, 0.1) is 0 Å². The highest BCUT2D eigenvalue weighted by atomic mass is 35.5. The fraction of sp³-hybridized carbons (Fsp3) is 0.375. The highest BCUT2D eigenvalue weighted by Gasteiger charge is 2.00. The summed E-state index contributed by atoms with van der Waals surface area (Å²) in [6, 6.07) is 15.6. The fourth-order valence-corrected chi connectivity index (χ4v) is 3.16. The van der Waals surface area contributed by atoms with Gasteiger partial charge in [0.25, 0.3) is 0 Å². The largest absolute Gasteiger partial charge is 0.481 e. The van der Waals surface area contributed by atoms with E-state index in [0.29, 0.717) is 0 Å². The minimum absolute atomic E-state index is 0.0806. The smallest absolute Gasteiger partial charge is 0.307 e. The first-order valence-corrected chi connectivity index (χ1v) is 10.5. The first-order chi connectivity index (χ1) is 13.6. The Balaban J connectivity index is 1.44. The molecule has 2 rings (SSSR count). The van der Waals surface area contributed by atoms with E-state index in [-0.39, 0.29) is 6.42 Å². The minimum atomic E-state index is -0.793. The summed E-state index contributed by atoms with van der Waals surface area (Å²) in [5, 5.41) is 13.0. The van der Waals surface area contributed by atoms with Crippen LogP contribution in [0.5, 0.6) is 0 Å². The van der Waals surface area contributed by atoms with Gasteiger partial charge in [0.15, 0.2) is 0 Å². The van der Waals surface area contributed by atoms with Crippen LogP contribution in [0.15, 0.2) is 54.6 Å². The number of allylic oxidation sites excluding steroid dienone is 1. The van der Waals surface area contributed by atoms with Gasteiger partial charge in [-0.15, -0.1) is 0 Å². The lowest BCUT2D eigenvalue weighted by Gasteiger charge is -2.07. The lowest BCUT2D eigenvalue weighted by Crippen LogP contribution is -2.03. The molecule has 0 amide bonds. The van der Waals surface area contributed by atoms with Crippen LogP contribution < -0.4 is 5.32 Å². The van der Waals surface area contributed by atoms with E-state index >= 15 is 0 Å². The molecule has 0 radical (unpaired) electrons. The zero-order chi connectivity index (χ0) is 20.0. The quantitative estimate of drug-likeness (QED) is 0.363. The van der Waals surface area contributed by atoms with Crippen LogP contribution in [0.2, 0.25) is 5.02 Å². The van der Waals surface area contributed by atoms with Gasteiger partial charge < -0.3 is 10.4 Å². The summed E-state index contributed by atoms with van der Waals surface area (Å²) < 4.78 is 0. The second-order valence-corrected chi connectivity index (χ2v) is 7.49. The zero-order valence-corrected chi connectivity index (χ0v) is 17.1. The van der Waals surface area contributed by atoms with E-state index in [9.17, 15) is 4.79 Å². The molecule has 0 aliphatic carbocycles. The standard InChI is InChI=1S/C24H30ClNO2/c25-22-14-10-20(11-15-22)9-7-5-3-1-2-4-6-8-18-26-23-16-12-21(13-17-23)19-24(27)28/h7,9-17,26H,1-6,8,18-19H2,(H,27,28). The van der Waals surface area contributed by atoms with Crippen molar-refractivity contribution >= 4 is 29.3 Å². The Bertz CT molecular complexity index is 723. The van der Waals surface area contributed by atoms with Crippen LogP contribution in [0.4, 0.5) is 5.69 Å². The predicted molar refractivity (Wildman–Crippen MR) is 119 cm³/mol. The van der Waals surface area contributed by atoms with E-state index in [1.54, 1.807) is 0 Å². The summed E-state index contributed by atoms with van der Waals surface area (Å²) in [6.07, 6.45) is 13.1. The molecule has 0 aliphatic heterocycles. The van der Waals surface area contributed by atoms with Crippen molar-refractivity contribution in [2.24, 2.45) is 0 Å². The summed E-state index contributed by atoms with van der Waals surface area (Å²) in [5.74, 6) is -0.793. The molecule has 0 saturated carbocycles. The number of aliphatic carboxylic acids is 1. The number of unbranched alkanes of at least 4 members (excludes halogenated alkanes) is 6. The number of hydrogen-bond donors (Lipinski definition) is 2. The first kappa shape index (κ1) is 22.0. The van der Waals surface area contributed by atoms with Gasteiger partial charge in [0.2, 0.25) is 0 Å². The van der Waals surface area contributed by atoms with Crippen molar-refractivity contribution in [3.8, 4) is 0 Å². The number of carboxylic acid groups (broad SMARTS) is 1. The van der Waals surface area contributed by atoms with Crippen molar-refractivity contribution in [2.45, 2.75) is 51.4 Å². The van der Waals surface area contributed by atoms with E-state index in [2.05, 4.69) is 17.5 Å². The average Bonchev–Trinajstić information content (AvgIpc) is 2.68. The number of rotatable bonds is 13. The highest BCUT2D eigenvalue weighted by Crippen LogP contribution is 2.13. The Morgan fingerprint density at radius 1 is 0.893 bits per heavy atom. The van der Waals surface area contributed by atoms with Crippen molar-refractivity contribution in [1.82, 2.24) is 0 Å². The van der Waals surface area contributed by atoms with Gasteiger partial charge in [-0.25, -0.2) is 0 Å². The molecule has 4 heteroatoms. The van der Waals surface area contributed by atoms with E-state index < -0.39 is 5.97 Å². The van der Waals surface area contributed by atoms with Crippen LogP contribution in [0.25, 0.3) is 6.08 Å². The minimum Gasteiger partial charge on any atom is -0.481 e. The summed E-state index contributed by atoms with van der Waals surface area (Å²) in [4.78, 5) is 10.7. The molecule has 0 spiro atoms. The van der Waals surface area contributed by atoms with Crippen LogP contribution in [0.1, 0.15) is 56.1 Å². The van der Waals surface area contributed by atoms with E-state index in [1.165, 1.54) is 37.7 Å². The average molecular weight is 400 g/mol. The number of hydrogen-bond acceptors (Lipinski definition) is 2. The molecule has 0 atom stereocenters. The summed E-state index contributed by atoms with van der Waals surface area (Å²) in [5.41, 5.74) is 3.09. The molecular formula is C24H30ClNO2. The molecule has 0 bridgehead atoms. The van der Waals surface area contributed by atoms with E-state index in [0.717, 1.165) is 35.7 Å². The molecule has 0 aliphatic rings. The summed E-state index contributed by atoms with van der Waals surface area (Å²) in [7, 11) is 0. The number of carbonyl (C=O) groups is 1. The predicted octanol–water partition coefficient (Wildman–Crippen LogP) is 6.82. The van der Waals surface area contributed by atoms with Crippen LogP contribution >= 0.6 is 11.6 Å². The SMILES string of the molecule is O=C(O)Cc1ccc(NCCCCCCCCC=Cc2ccc(Cl)cc2)cc1. The first-order valence-electron chi connectivity index (χ1n) is 10.1. The molecule has 28 heavy (non-hydrogen) atoms. The third-order valence-corrected chi connectivity index (χ3v) is 4.87. The zero-order valence-electron chi connectivity index (χ0n) is 16.4. The lowest BCUT2D eigenvalue weighted by atomic mass is 10.1. The van der Waals surface area contributed by atoms with Crippen molar-refractivity contribution in [3.63, 3.8) is 0 Å². The van der Waals surface area contributed by atoms with Gasteiger partial charge in [-0.05, 0) is 54.7 Å². The van der Waals surface area contributed by atoms with Crippen molar-refractivity contribution in [2.75, 3.05) is 11.9 Å². The molecule has 0 unspecified atom stereocenters. The Labute approximate surface area is 173 Å². The fourth-order valence-electron chi connectivity index (χ4n) is 3.04. The monoisotopic (exact) mass is 399 g/mol.